The fraction of sp³-hybridized carbons (Fsp3) is 0.533. The van der Waals surface area contributed by atoms with Crippen LogP contribution in [0.3, 0.4) is 0 Å². The fourth-order valence-corrected chi connectivity index (χ4v) is 3.28. The molecule has 2 aliphatic rings. The quantitative estimate of drug-likeness (QED) is 0.881. The van der Waals surface area contributed by atoms with Gasteiger partial charge in [-0.1, -0.05) is 6.07 Å². The van der Waals surface area contributed by atoms with Gasteiger partial charge >= 0.3 is 6.36 Å². The molecule has 0 saturated carbocycles. The second kappa shape index (κ2) is 6.97. The monoisotopic (exact) mass is 350 g/mol. The highest BCUT2D eigenvalue weighted by atomic mass is 35.5. The molecule has 2 atom stereocenters. The van der Waals surface area contributed by atoms with E-state index in [2.05, 4.69) is 15.4 Å². The summed E-state index contributed by atoms with van der Waals surface area (Å²) in [6.45, 7) is 0. The molecule has 0 radical (unpaired) electrons. The van der Waals surface area contributed by atoms with Gasteiger partial charge in [-0.05, 0) is 43.9 Å². The molecule has 128 valence electrons. The molecule has 2 bridgehead atoms. The first kappa shape index (κ1) is 17.9. The summed E-state index contributed by atoms with van der Waals surface area (Å²) in [6, 6.07) is 6.08. The Labute approximate surface area is 138 Å². The third-order valence-corrected chi connectivity index (χ3v) is 4.14. The van der Waals surface area contributed by atoms with E-state index < -0.39 is 6.36 Å². The van der Waals surface area contributed by atoms with E-state index in [0.29, 0.717) is 12.1 Å². The molecular weight excluding hydrogens is 333 g/mol. The zero-order valence-electron chi connectivity index (χ0n) is 12.2. The lowest BCUT2D eigenvalue weighted by Crippen LogP contribution is -2.48. The molecular formula is C15H18ClF3N2O2. The van der Waals surface area contributed by atoms with Gasteiger partial charge in [0.2, 0.25) is 0 Å². The molecule has 4 nitrogen and oxygen atoms in total. The van der Waals surface area contributed by atoms with E-state index in [4.69, 9.17) is 0 Å². The van der Waals surface area contributed by atoms with Crippen molar-refractivity contribution >= 4 is 18.3 Å². The van der Waals surface area contributed by atoms with Gasteiger partial charge in [0, 0.05) is 23.7 Å². The number of nitrogens with one attached hydrogen (secondary N) is 2. The van der Waals surface area contributed by atoms with Gasteiger partial charge in [0.1, 0.15) is 5.75 Å². The molecule has 0 spiro atoms. The zero-order valence-corrected chi connectivity index (χ0v) is 13.0. The summed E-state index contributed by atoms with van der Waals surface area (Å²) < 4.78 is 40.5. The van der Waals surface area contributed by atoms with Crippen LogP contribution < -0.4 is 15.4 Å². The molecule has 2 unspecified atom stereocenters. The molecule has 2 heterocycles. The first-order valence-electron chi connectivity index (χ1n) is 7.32. The van der Waals surface area contributed by atoms with Crippen molar-refractivity contribution in [2.45, 2.75) is 50.2 Å². The molecule has 1 aromatic rings. The lowest BCUT2D eigenvalue weighted by molar-refractivity contribution is -0.274. The number of carbonyl (C=O) groups excluding carboxylic acids is 1. The van der Waals surface area contributed by atoms with Crippen LogP contribution in [0.5, 0.6) is 5.75 Å². The van der Waals surface area contributed by atoms with E-state index in [1.807, 2.05) is 0 Å². The Morgan fingerprint density at radius 3 is 2.48 bits per heavy atom. The van der Waals surface area contributed by atoms with Crippen LogP contribution in [-0.4, -0.2) is 30.4 Å². The second-order valence-corrected chi connectivity index (χ2v) is 5.86. The van der Waals surface area contributed by atoms with Crippen molar-refractivity contribution in [2.75, 3.05) is 0 Å². The van der Waals surface area contributed by atoms with E-state index >= 15 is 0 Å². The highest BCUT2D eigenvalue weighted by Crippen LogP contribution is 2.27. The number of benzene rings is 1. The van der Waals surface area contributed by atoms with E-state index in [1.165, 1.54) is 18.2 Å². The molecule has 2 N–H and O–H groups in total. The number of amides is 1. The fourth-order valence-electron chi connectivity index (χ4n) is 3.28. The van der Waals surface area contributed by atoms with E-state index in [0.717, 1.165) is 31.7 Å². The van der Waals surface area contributed by atoms with Crippen molar-refractivity contribution in [2.24, 2.45) is 0 Å². The number of rotatable bonds is 3. The summed E-state index contributed by atoms with van der Waals surface area (Å²) in [6.07, 6.45) is -0.802. The Hall–Kier alpha value is -1.47. The minimum Gasteiger partial charge on any atom is -0.406 e. The van der Waals surface area contributed by atoms with Crippen LogP contribution in [0.15, 0.2) is 24.3 Å². The summed E-state index contributed by atoms with van der Waals surface area (Å²) in [4.78, 5) is 12.2. The number of carbonyl (C=O) groups is 1. The van der Waals surface area contributed by atoms with Crippen LogP contribution in [0, 0.1) is 0 Å². The predicted octanol–water partition coefficient (Wildman–Crippen LogP) is 3.02. The lowest BCUT2D eigenvalue weighted by atomic mass is 9.99. The molecule has 0 aliphatic carbocycles. The molecule has 0 aromatic heterocycles. The molecule has 3 rings (SSSR count). The van der Waals surface area contributed by atoms with Crippen molar-refractivity contribution < 1.29 is 22.7 Å². The van der Waals surface area contributed by atoms with Crippen LogP contribution in [0.4, 0.5) is 13.2 Å². The van der Waals surface area contributed by atoms with E-state index in [-0.39, 0.29) is 35.7 Å². The van der Waals surface area contributed by atoms with Crippen molar-refractivity contribution in [3.8, 4) is 5.75 Å². The maximum atomic E-state index is 12.2. The molecule has 2 saturated heterocycles. The molecule has 1 amide bonds. The van der Waals surface area contributed by atoms with Crippen molar-refractivity contribution in [3.05, 3.63) is 29.8 Å². The summed E-state index contributed by atoms with van der Waals surface area (Å²) in [5.41, 5.74) is 0.174. The van der Waals surface area contributed by atoms with Crippen molar-refractivity contribution in [3.63, 3.8) is 0 Å². The summed E-state index contributed by atoms with van der Waals surface area (Å²) in [5, 5.41) is 6.38. The molecule has 2 aliphatic heterocycles. The highest BCUT2D eigenvalue weighted by molar-refractivity contribution is 5.94. The molecule has 1 aromatic carbocycles. The lowest BCUT2D eigenvalue weighted by Gasteiger charge is -2.29. The largest absolute Gasteiger partial charge is 0.573 e. The van der Waals surface area contributed by atoms with Gasteiger partial charge in [-0.15, -0.1) is 25.6 Å². The highest BCUT2D eigenvalue weighted by Gasteiger charge is 2.34. The standard InChI is InChI=1S/C15H17F3N2O2.ClH/c16-15(17,18)22-13-3-1-2-9(6-13)14(21)20-12-7-10-4-5-11(8-12)19-10;/h1-3,6,10-12,19H,4-5,7-8H2,(H,20,21);1H. The Kier molecular flexibility index (Phi) is 5.41. The van der Waals surface area contributed by atoms with Crippen LogP contribution in [0.2, 0.25) is 0 Å². The van der Waals surface area contributed by atoms with Gasteiger partial charge in [-0.25, -0.2) is 0 Å². The van der Waals surface area contributed by atoms with Crippen molar-refractivity contribution in [1.29, 1.82) is 0 Å². The Morgan fingerprint density at radius 1 is 1.22 bits per heavy atom. The van der Waals surface area contributed by atoms with E-state index in [9.17, 15) is 18.0 Å². The number of alkyl halides is 3. The maximum absolute atomic E-state index is 12.2. The molecule has 23 heavy (non-hydrogen) atoms. The Morgan fingerprint density at radius 2 is 1.87 bits per heavy atom. The SMILES string of the molecule is Cl.O=C(NC1CC2CCC(C1)N2)c1cccc(OC(F)(F)F)c1. The first-order valence-corrected chi connectivity index (χ1v) is 7.32. The van der Waals surface area contributed by atoms with Gasteiger partial charge in [0.15, 0.2) is 0 Å². The van der Waals surface area contributed by atoms with Gasteiger partial charge in [0.05, 0.1) is 0 Å². The molecule has 2 fully saturated rings. The number of fused-ring (bicyclic) bond motifs is 2. The van der Waals surface area contributed by atoms with Crippen molar-refractivity contribution in [1.82, 2.24) is 10.6 Å². The average Bonchev–Trinajstić information content (AvgIpc) is 2.76. The normalized spacial score (nSPS) is 26.3. The van der Waals surface area contributed by atoms with Gasteiger partial charge in [-0.3, -0.25) is 4.79 Å². The summed E-state index contributed by atoms with van der Waals surface area (Å²) in [5.74, 6) is -0.746. The third-order valence-electron chi connectivity index (χ3n) is 4.14. The predicted molar refractivity (Wildman–Crippen MR) is 80.8 cm³/mol. The maximum Gasteiger partial charge on any atom is 0.573 e. The van der Waals surface area contributed by atoms with Crippen LogP contribution >= 0.6 is 12.4 Å². The smallest absolute Gasteiger partial charge is 0.406 e. The van der Waals surface area contributed by atoms with Crippen LogP contribution in [0.25, 0.3) is 0 Å². The number of hydrogen-bond acceptors (Lipinski definition) is 3. The van der Waals surface area contributed by atoms with Gasteiger partial charge < -0.3 is 15.4 Å². The number of ether oxygens (including phenoxy) is 1. The van der Waals surface area contributed by atoms with E-state index in [1.54, 1.807) is 0 Å². The summed E-state index contributed by atoms with van der Waals surface area (Å²) in [7, 11) is 0. The minimum atomic E-state index is -4.76. The Bertz CT molecular complexity index is 556. The Balaban J connectivity index is 0.00000192. The van der Waals surface area contributed by atoms with Crippen LogP contribution in [-0.2, 0) is 0 Å². The molecule has 8 heteroatoms. The first-order chi connectivity index (χ1) is 10.4. The van der Waals surface area contributed by atoms with Crippen LogP contribution in [0.1, 0.15) is 36.0 Å². The number of hydrogen-bond donors (Lipinski definition) is 2. The second-order valence-electron chi connectivity index (χ2n) is 5.86. The summed E-state index contributed by atoms with van der Waals surface area (Å²) >= 11 is 0. The third kappa shape index (κ3) is 4.75. The average molecular weight is 351 g/mol. The topological polar surface area (TPSA) is 50.4 Å². The van der Waals surface area contributed by atoms with Gasteiger partial charge in [-0.2, -0.15) is 0 Å². The number of halogens is 4. The number of piperidine rings is 1. The zero-order chi connectivity index (χ0) is 15.7. The minimum absolute atomic E-state index is 0. The van der Waals surface area contributed by atoms with Gasteiger partial charge in [0.25, 0.3) is 5.91 Å².